The van der Waals surface area contributed by atoms with Gasteiger partial charge in [0, 0.05) is 51.8 Å². The molecule has 8 heteroatoms. The van der Waals surface area contributed by atoms with Gasteiger partial charge in [0.15, 0.2) is 5.69 Å². The molecule has 1 aromatic carbocycles. The van der Waals surface area contributed by atoms with Crippen molar-refractivity contribution in [3.63, 3.8) is 0 Å². The molecule has 1 aliphatic heterocycles. The molecule has 1 saturated carbocycles. The maximum absolute atomic E-state index is 13.4. The fourth-order valence-electron chi connectivity index (χ4n) is 4.45. The third kappa shape index (κ3) is 5.31. The number of aromatic nitrogens is 2. The SMILES string of the molecule is Cn1nc(C(=O)N2CCN(Cc3cccc(F)c3)CC2)cc1NC(=O)C1CCCCC1. The van der Waals surface area contributed by atoms with Crippen molar-refractivity contribution < 1.29 is 14.0 Å². The van der Waals surface area contributed by atoms with Gasteiger partial charge in [-0.3, -0.25) is 19.2 Å². The third-order valence-corrected chi connectivity index (χ3v) is 6.28. The number of nitrogens with zero attached hydrogens (tertiary/aromatic N) is 4. The number of piperazine rings is 1. The first-order valence-electron chi connectivity index (χ1n) is 11.1. The number of benzene rings is 1. The Kier molecular flexibility index (Phi) is 6.65. The second-order valence-electron chi connectivity index (χ2n) is 8.56. The number of amides is 2. The summed E-state index contributed by atoms with van der Waals surface area (Å²) in [6, 6.07) is 8.29. The van der Waals surface area contributed by atoms with E-state index in [1.165, 1.54) is 12.5 Å². The van der Waals surface area contributed by atoms with Crippen LogP contribution < -0.4 is 5.32 Å². The largest absolute Gasteiger partial charge is 0.335 e. The molecule has 4 rings (SSSR count). The van der Waals surface area contributed by atoms with Gasteiger partial charge in [0.25, 0.3) is 5.91 Å². The topological polar surface area (TPSA) is 70.5 Å². The predicted octanol–water partition coefficient (Wildman–Crippen LogP) is 3.04. The van der Waals surface area contributed by atoms with Crippen molar-refractivity contribution in [1.82, 2.24) is 19.6 Å². The minimum atomic E-state index is -0.229. The zero-order valence-corrected chi connectivity index (χ0v) is 18.0. The average molecular weight is 428 g/mol. The number of nitrogens with one attached hydrogen (secondary N) is 1. The molecule has 2 heterocycles. The molecule has 2 aliphatic rings. The summed E-state index contributed by atoms with van der Waals surface area (Å²) in [4.78, 5) is 29.5. The highest BCUT2D eigenvalue weighted by atomic mass is 19.1. The van der Waals surface area contributed by atoms with E-state index in [9.17, 15) is 14.0 Å². The average Bonchev–Trinajstić information content (AvgIpc) is 3.14. The molecule has 0 unspecified atom stereocenters. The molecule has 2 amide bonds. The highest BCUT2D eigenvalue weighted by Gasteiger charge is 2.26. The van der Waals surface area contributed by atoms with Gasteiger partial charge in [0.05, 0.1) is 0 Å². The lowest BCUT2D eigenvalue weighted by atomic mass is 9.89. The number of rotatable bonds is 5. The standard InChI is InChI=1S/C23H30FN5O2/c1-27-21(25-22(30)18-7-3-2-4-8-18)15-20(26-27)23(31)29-12-10-28(11-13-29)16-17-6-5-9-19(24)14-17/h5-6,9,14-15,18H,2-4,7-8,10-13,16H2,1H3,(H,25,30). The van der Waals surface area contributed by atoms with E-state index >= 15 is 0 Å². The van der Waals surface area contributed by atoms with Gasteiger partial charge in [-0.2, -0.15) is 5.10 Å². The van der Waals surface area contributed by atoms with E-state index < -0.39 is 0 Å². The number of hydrogen-bond acceptors (Lipinski definition) is 4. The van der Waals surface area contributed by atoms with Crippen LogP contribution in [0.3, 0.4) is 0 Å². The molecule has 166 valence electrons. The summed E-state index contributed by atoms with van der Waals surface area (Å²) in [5.41, 5.74) is 1.28. The van der Waals surface area contributed by atoms with Crippen molar-refractivity contribution in [2.24, 2.45) is 13.0 Å². The molecule has 2 fully saturated rings. The molecule has 0 bridgehead atoms. The van der Waals surface area contributed by atoms with Crippen molar-refractivity contribution in [2.75, 3.05) is 31.5 Å². The zero-order chi connectivity index (χ0) is 21.8. The van der Waals surface area contributed by atoms with Gasteiger partial charge in [0.2, 0.25) is 5.91 Å². The van der Waals surface area contributed by atoms with E-state index in [1.807, 2.05) is 6.07 Å². The van der Waals surface area contributed by atoms with Crippen molar-refractivity contribution in [3.8, 4) is 0 Å². The summed E-state index contributed by atoms with van der Waals surface area (Å²) in [6.45, 7) is 3.30. The number of carbonyl (C=O) groups excluding carboxylic acids is 2. The monoisotopic (exact) mass is 427 g/mol. The molecular formula is C23H30FN5O2. The van der Waals surface area contributed by atoms with Crippen LogP contribution in [0.1, 0.15) is 48.2 Å². The van der Waals surface area contributed by atoms with Gasteiger partial charge in [-0.15, -0.1) is 0 Å². The smallest absolute Gasteiger partial charge is 0.274 e. The number of aryl methyl sites for hydroxylation is 1. The Morgan fingerprint density at radius 1 is 1.10 bits per heavy atom. The van der Waals surface area contributed by atoms with Gasteiger partial charge in [-0.05, 0) is 30.5 Å². The lowest BCUT2D eigenvalue weighted by molar-refractivity contribution is -0.120. The summed E-state index contributed by atoms with van der Waals surface area (Å²) in [6.07, 6.45) is 5.24. The predicted molar refractivity (Wildman–Crippen MR) is 116 cm³/mol. The van der Waals surface area contributed by atoms with Crippen molar-refractivity contribution >= 4 is 17.6 Å². The summed E-state index contributed by atoms with van der Waals surface area (Å²) in [5, 5.41) is 7.28. The van der Waals surface area contributed by atoms with Crippen LogP contribution >= 0.6 is 0 Å². The normalized spacial score (nSPS) is 18.2. The molecule has 0 spiro atoms. The minimum absolute atomic E-state index is 0.0210. The molecule has 0 radical (unpaired) electrons. The van der Waals surface area contributed by atoms with E-state index in [1.54, 1.807) is 34.8 Å². The Bertz CT molecular complexity index is 930. The van der Waals surface area contributed by atoms with Gasteiger partial charge in [-0.25, -0.2) is 4.39 Å². The Hall–Kier alpha value is -2.74. The van der Waals surface area contributed by atoms with Crippen LogP contribution in [0.4, 0.5) is 10.2 Å². The number of carbonyl (C=O) groups is 2. The van der Waals surface area contributed by atoms with E-state index in [-0.39, 0.29) is 23.5 Å². The molecule has 1 aliphatic carbocycles. The first-order chi connectivity index (χ1) is 15.0. The molecule has 2 aromatic rings. The first-order valence-corrected chi connectivity index (χ1v) is 11.1. The van der Waals surface area contributed by atoms with Gasteiger partial charge in [-0.1, -0.05) is 31.4 Å². The van der Waals surface area contributed by atoms with Crippen LogP contribution in [-0.4, -0.2) is 57.6 Å². The zero-order valence-electron chi connectivity index (χ0n) is 18.0. The molecule has 1 saturated heterocycles. The van der Waals surface area contributed by atoms with Crippen LogP contribution in [0.5, 0.6) is 0 Å². The Balaban J connectivity index is 1.31. The molecule has 7 nitrogen and oxygen atoms in total. The first kappa shape index (κ1) is 21.5. The van der Waals surface area contributed by atoms with Gasteiger partial charge >= 0.3 is 0 Å². The molecule has 0 atom stereocenters. The Labute approximate surface area is 182 Å². The minimum Gasteiger partial charge on any atom is -0.335 e. The van der Waals surface area contributed by atoms with E-state index in [4.69, 9.17) is 0 Å². The lowest BCUT2D eigenvalue weighted by Gasteiger charge is -2.34. The summed E-state index contributed by atoms with van der Waals surface area (Å²) in [7, 11) is 1.74. The maximum atomic E-state index is 13.4. The number of hydrogen-bond donors (Lipinski definition) is 1. The highest BCUT2D eigenvalue weighted by molar-refractivity contribution is 5.96. The summed E-state index contributed by atoms with van der Waals surface area (Å²) < 4.78 is 15.0. The van der Waals surface area contributed by atoms with Crippen molar-refractivity contribution in [1.29, 1.82) is 0 Å². The van der Waals surface area contributed by atoms with E-state index in [2.05, 4.69) is 15.3 Å². The maximum Gasteiger partial charge on any atom is 0.274 e. The van der Waals surface area contributed by atoms with Crippen LogP contribution in [0.25, 0.3) is 0 Å². The van der Waals surface area contributed by atoms with Crippen LogP contribution in [0.2, 0.25) is 0 Å². The van der Waals surface area contributed by atoms with E-state index in [0.717, 1.165) is 44.3 Å². The quantitative estimate of drug-likeness (QED) is 0.796. The second kappa shape index (κ2) is 9.60. The third-order valence-electron chi connectivity index (χ3n) is 6.28. The summed E-state index contributed by atoms with van der Waals surface area (Å²) >= 11 is 0. The summed E-state index contributed by atoms with van der Waals surface area (Å²) in [5.74, 6) is 0.275. The molecule has 31 heavy (non-hydrogen) atoms. The van der Waals surface area contributed by atoms with Crippen molar-refractivity contribution in [2.45, 2.75) is 38.6 Å². The molecular weight excluding hydrogens is 397 g/mol. The Morgan fingerprint density at radius 3 is 2.55 bits per heavy atom. The molecule has 1 aromatic heterocycles. The second-order valence-corrected chi connectivity index (χ2v) is 8.56. The van der Waals surface area contributed by atoms with E-state index in [0.29, 0.717) is 31.1 Å². The number of halogens is 1. The Morgan fingerprint density at radius 2 is 1.84 bits per heavy atom. The van der Waals surface area contributed by atoms with Gasteiger partial charge in [0.1, 0.15) is 11.6 Å². The fourth-order valence-corrected chi connectivity index (χ4v) is 4.45. The van der Waals surface area contributed by atoms with Crippen LogP contribution in [0, 0.1) is 11.7 Å². The number of anilines is 1. The molecule has 1 N–H and O–H groups in total. The highest BCUT2D eigenvalue weighted by Crippen LogP contribution is 2.25. The van der Waals surface area contributed by atoms with Crippen molar-refractivity contribution in [3.05, 3.63) is 47.4 Å². The fraction of sp³-hybridized carbons (Fsp3) is 0.522. The lowest BCUT2D eigenvalue weighted by Crippen LogP contribution is -2.48. The van der Waals surface area contributed by atoms with Crippen LogP contribution in [-0.2, 0) is 18.4 Å². The van der Waals surface area contributed by atoms with Crippen LogP contribution in [0.15, 0.2) is 30.3 Å². The van der Waals surface area contributed by atoms with Gasteiger partial charge < -0.3 is 10.2 Å².